The maximum absolute atomic E-state index is 11.4. The Morgan fingerprint density at radius 2 is 1.94 bits per heavy atom. The van der Waals surface area contributed by atoms with Gasteiger partial charge in [-0.1, -0.05) is 30.3 Å². The molecule has 0 spiro atoms. The van der Waals surface area contributed by atoms with Gasteiger partial charge in [-0.3, -0.25) is 0 Å². The predicted octanol–water partition coefficient (Wildman–Crippen LogP) is 2.02. The van der Waals surface area contributed by atoms with Crippen molar-refractivity contribution < 1.29 is 19.1 Å². The molecule has 0 aliphatic carbocycles. The number of hydrogen-bond acceptors (Lipinski definition) is 4. The maximum Gasteiger partial charge on any atom is 0.374 e. The van der Waals surface area contributed by atoms with E-state index in [2.05, 4.69) is 0 Å². The second kappa shape index (κ2) is 6.02. The number of esters is 1. The Bertz CT molecular complexity index is 502. The molecule has 0 saturated carbocycles. The van der Waals surface area contributed by atoms with Gasteiger partial charge in [-0.2, -0.15) is 0 Å². The Morgan fingerprint density at radius 1 is 1.17 bits per heavy atom. The number of benzene rings is 1. The monoisotopic (exact) mass is 246 g/mol. The van der Waals surface area contributed by atoms with Gasteiger partial charge in [0.2, 0.25) is 5.76 Å². The van der Waals surface area contributed by atoms with Crippen molar-refractivity contribution in [1.82, 2.24) is 0 Å². The average molecular weight is 246 g/mol. The van der Waals surface area contributed by atoms with E-state index in [1.165, 1.54) is 0 Å². The number of ether oxygens (including phenoxy) is 1. The molecule has 0 unspecified atom stereocenters. The van der Waals surface area contributed by atoms with Gasteiger partial charge in [0.05, 0.1) is 6.61 Å². The highest BCUT2D eigenvalue weighted by molar-refractivity contribution is 5.86. The minimum Gasteiger partial charge on any atom is -0.457 e. The van der Waals surface area contributed by atoms with Gasteiger partial charge in [-0.25, -0.2) is 4.79 Å². The molecule has 2 aromatic rings. The number of rotatable bonds is 5. The molecule has 1 aromatic carbocycles. The fraction of sp³-hybridized carbons (Fsp3) is 0.214. The first kappa shape index (κ1) is 12.4. The van der Waals surface area contributed by atoms with Crippen molar-refractivity contribution in [3.05, 3.63) is 59.5 Å². The number of aliphatic hydroxyl groups is 1. The Balaban J connectivity index is 2.00. The molecule has 0 saturated heterocycles. The summed E-state index contributed by atoms with van der Waals surface area (Å²) in [5.74, 6) is 0.315. The highest BCUT2D eigenvalue weighted by atomic mass is 16.6. The zero-order valence-corrected chi connectivity index (χ0v) is 9.83. The maximum atomic E-state index is 11.4. The molecule has 0 aliphatic rings. The normalized spacial score (nSPS) is 10.3. The SMILES string of the molecule is O=C(OCCO)c1ccc(Cc2ccccc2)o1. The lowest BCUT2D eigenvalue weighted by atomic mass is 10.1. The van der Waals surface area contributed by atoms with Crippen molar-refractivity contribution in [2.24, 2.45) is 0 Å². The van der Waals surface area contributed by atoms with Crippen molar-refractivity contribution in [3.63, 3.8) is 0 Å². The van der Waals surface area contributed by atoms with Gasteiger partial charge in [0, 0.05) is 6.42 Å². The molecule has 1 N–H and O–H groups in total. The van der Waals surface area contributed by atoms with Gasteiger partial charge in [-0.05, 0) is 17.7 Å². The first-order valence-electron chi connectivity index (χ1n) is 5.70. The highest BCUT2D eigenvalue weighted by Crippen LogP contribution is 2.14. The molecular formula is C14H14O4. The molecule has 18 heavy (non-hydrogen) atoms. The van der Waals surface area contributed by atoms with Gasteiger partial charge in [0.1, 0.15) is 12.4 Å². The molecule has 4 nitrogen and oxygen atoms in total. The topological polar surface area (TPSA) is 59.7 Å². The molecule has 0 amide bonds. The van der Waals surface area contributed by atoms with Gasteiger partial charge >= 0.3 is 5.97 Å². The Kier molecular flexibility index (Phi) is 4.15. The summed E-state index contributed by atoms with van der Waals surface area (Å²) in [6.07, 6.45) is 0.633. The molecule has 4 heteroatoms. The minimum atomic E-state index is -0.552. The molecule has 94 valence electrons. The largest absolute Gasteiger partial charge is 0.457 e. The van der Waals surface area contributed by atoms with E-state index in [1.807, 2.05) is 30.3 Å². The fourth-order valence-electron chi connectivity index (χ4n) is 1.59. The van der Waals surface area contributed by atoms with Crippen LogP contribution in [0.25, 0.3) is 0 Å². The van der Waals surface area contributed by atoms with Crippen LogP contribution in [0.1, 0.15) is 21.9 Å². The smallest absolute Gasteiger partial charge is 0.374 e. The Hall–Kier alpha value is -2.07. The van der Waals surface area contributed by atoms with Crippen LogP contribution >= 0.6 is 0 Å². The second-order valence-electron chi connectivity index (χ2n) is 3.79. The van der Waals surface area contributed by atoms with Crippen LogP contribution in [0.5, 0.6) is 0 Å². The number of aliphatic hydroxyl groups excluding tert-OH is 1. The number of carbonyl (C=O) groups excluding carboxylic acids is 1. The number of furan rings is 1. The van der Waals surface area contributed by atoms with Gasteiger partial charge in [0.25, 0.3) is 0 Å². The first-order valence-corrected chi connectivity index (χ1v) is 5.70. The molecule has 0 radical (unpaired) electrons. The van der Waals surface area contributed by atoms with Crippen molar-refractivity contribution in [2.45, 2.75) is 6.42 Å². The van der Waals surface area contributed by atoms with Crippen LogP contribution in [-0.2, 0) is 11.2 Å². The number of hydrogen-bond donors (Lipinski definition) is 1. The summed E-state index contributed by atoms with van der Waals surface area (Å²) in [6.45, 7) is -0.211. The second-order valence-corrected chi connectivity index (χ2v) is 3.79. The van der Waals surface area contributed by atoms with Crippen LogP contribution in [-0.4, -0.2) is 24.3 Å². The van der Waals surface area contributed by atoms with E-state index in [4.69, 9.17) is 14.3 Å². The molecular weight excluding hydrogens is 232 g/mol. The third-order valence-electron chi connectivity index (χ3n) is 2.41. The third-order valence-corrected chi connectivity index (χ3v) is 2.41. The summed E-state index contributed by atoms with van der Waals surface area (Å²) in [5, 5.41) is 8.55. The average Bonchev–Trinajstić information content (AvgIpc) is 2.86. The summed E-state index contributed by atoms with van der Waals surface area (Å²) in [5.41, 5.74) is 1.11. The molecule has 0 atom stereocenters. The summed E-state index contributed by atoms with van der Waals surface area (Å²) in [6, 6.07) is 13.2. The van der Waals surface area contributed by atoms with E-state index in [1.54, 1.807) is 12.1 Å². The van der Waals surface area contributed by atoms with E-state index in [-0.39, 0.29) is 19.0 Å². The van der Waals surface area contributed by atoms with E-state index >= 15 is 0 Å². The van der Waals surface area contributed by atoms with Crippen LogP contribution in [0.2, 0.25) is 0 Å². The molecule has 0 aliphatic heterocycles. The summed E-state index contributed by atoms with van der Waals surface area (Å²) >= 11 is 0. The number of carbonyl (C=O) groups is 1. The molecule has 2 rings (SSSR count). The Labute approximate surface area is 105 Å². The van der Waals surface area contributed by atoms with Crippen LogP contribution in [0.3, 0.4) is 0 Å². The molecule has 1 aromatic heterocycles. The van der Waals surface area contributed by atoms with E-state index in [9.17, 15) is 4.79 Å². The Morgan fingerprint density at radius 3 is 2.67 bits per heavy atom. The lowest BCUT2D eigenvalue weighted by Gasteiger charge is -1.99. The van der Waals surface area contributed by atoms with Crippen molar-refractivity contribution in [2.75, 3.05) is 13.2 Å². The van der Waals surface area contributed by atoms with E-state index < -0.39 is 5.97 Å². The van der Waals surface area contributed by atoms with E-state index in [0.29, 0.717) is 12.2 Å². The quantitative estimate of drug-likeness (QED) is 0.820. The molecule has 0 bridgehead atoms. The summed E-state index contributed by atoms with van der Waals surface area (Å²) < 4.78 is 10.1. The first-order chi connectivity index (χ1) is 8.79. The van der Waals surface area contributed by atoms with Crippen LogP contribution < -0.4 is 0 Å². The summed E-state index contributed by atoms with van der Waals surface area (Å²) in [7, 11) is 0. The molecule has 0 fully saturated rings. The lowest BCUT2D eigenvalue weighted by molar-refractivity contribution is 0.0397. The summed E-state index contributed by atoms with van der Waals surface area (Å²) in [4.78, 5) is 11.4. The minimum absolute atomic E-state index is 0.0203. The third kappa shape index (κ3) is 3.21. The standard InChI is InChI=1S/C14H14O4/c15-8-9-17-14(16)13-7-6-12(18-13)10-11-4-2-1-3-5-11/h1-7,15H,8-10H2. The zero-order valence-electron chi connectivity index (χ0n) is 9.83. The molecule has 1 heterocycles. The fourth-order valence-corrected chi connectivity index (χ4v) is 1.59. The highest BCUT2D eigenvalue weighted by Gasteiger charge is 2.12. The van der Waals surface area contributed by atoms with Gasteiger partial charge < -0.3 is 14.3 Å². The van der Waals surface area contributed by atoms with Crippen LogP contribution in [0.15, 0.2) is 46.9 Å². The van der Waals surface area contributed by atoms with Crippen molar-refractivity contribution >= 4 is 5.97 Å². The van der Waals surface area contributed by atoms with Crippen molar-refractivity contribution in [1.29, 1.82) is 0 Å². The van der Waals surface area contributed by atoms with E-state index in [0.717, 1.165) is 5.56 Å². The van der Waals surface area contributed by atoms with Gasteiger partial charge in [-0.15, -0.1) is 0 Å². The lowest BCUT2D eigenvalue weighted by Crippen LogP contribution is -2.07. The van der Waals surface area contributed by atoms with Crippen LogP contribution in [0, 0.1) is 0 Å². The van der Waals surface area contributed by atoms with Crippen molar-refractivity contribution in [3.8, 4) is 0 Å². The van der Waals surface area contributed by atoms with Gasteiger partial charge in [0.15, 0.2) is 0 Å². The predicted molar refractivity (Wildman–Crippen MR) is 65.3 cm³/mol. The zero-order chi connectivity index (χ0) is 12.8. The van der Waals surface area contributed by atoms with Crippen LogP contribution in [0.4, 0.5) is 0 Å².